The lowest BCUT2D eigenvalue weighted by atomic mass is 10.0. The maximum atomic E-state index is 12.8. The SMILES string of the molecule is Cc1cnc(N2CC[C@H]3CN(CC(=O)N(C)C)S(=O)(=O)[C@@H]3CC2)nc1. The molecule has 0 N–H and O–H groups in total. The second kappa shape index (κ2) is 6.87. The normalized spacial score (nSPS) is 26.1. The Morgan fingerprint density at radius 2 is 1.88 bits per heavy atom. The molecule has 2 atom stereocenters. The van der Waals surface area contributed by atoms with E-state index in [0.29, 0.717) is 25.5 Å². The zero-order valence-electron chi connectivity index (χ0n) is 14.9. The average Bonchev–Trinajstić information content (AvgIpc) is 2.71. The first-order chi connectivity index (χ1) is 11.8. The van der Waals surface area contributed by atoms with Gasteiger partial charge in [0.15, 0.2) is 0 Å². The van der Waals surface area contributed by atoms with E-state index in [4.69, 9.17) is 0 Å². The van der Waals surface area contributed by atoms with Crippen LogP contribution >= 0.6 is 0 Å². The Morgan fingerprint density at radius 3 is 2.52 bits per heavy atom. The first-order valence-electron chi connectivity index (χ1n) is 8.51. The molecule has 25 heavy (non-hydrogen) atoms. The molecule has 138 valence electrons. The van der Waals surface area contributed by atoms with Crippen molar-refractivity contribution in [3.05, 3.63) is 18.0 Å². The van der Waals surface area contributed by atoms with E-state index in [2.05, 4.69) is 14.9 Å². The highest BCUT2D eigenvalue weighted by Gasteiger charge is 2.47. The summed E-state index contributed by atoms with van der Waals surface area (Å²) in [6.07, 6.45) is 4.85. The molecular weight excluding hydrogens is 342 g/mol. The number of hydrogen-bond acceptors (Lipinski definition) is 6. The highest BCUT2D eigenvalue weighted by atomic mass is 32.2. The van der Waals surface area contributed by atoms with Gasteiger partial charge in [0.05, 0.1) is 11.8 Å². The minimum atomic E-state index is -3.43. The van der Waals surface area contributed by atoms with E-state index in [1.54, 1.807) is 26.5 Å². The molecular formula is C16H25N5O3S. The highest BCUT2D eigenvalue weighted by molar-refractivity contribution is 7.90. The van der Waals surface area contributed by atoms with Crippen molar-refractivity contribution < 1.29 is 13.2 Å². The van der Waals surface area contributed by atoms with Crippen molar-refractivity contribution in [2.24, 2.45) is 5.92 Å². The first kappa shape index (κ1) is 18.1. The summed E-state index contributed by atoms with van der Waals surface area (Å²) in [7, 11) is -0.151. The van der Waals surface area contributed by atoms with Crippen LogP contribution in [0.15, 0.2) is 12.4 Å². The quantitative estimate of drug-likeness (QED) is 0.753. The standard InChI is InChI=1S/C16H25N5O3S/c1-12-8-17-16(18-9-12)20-6-4-13-10-21(11-15(22)19(2)3)25(23,24)14(13)5-7-20/h8-9,13-14H,4-7,10-11H2,1-3H3/t13-,14+/m0/s1. The highest BCUT2D eigenvalue weighted by Crippen LogP contribution is 2.34. The molecule has 0 spiro atoms. The molecule has 0 radical (unpaired) electrons. The number of likely N-dealkylation sites (N-methyl/N-ethyl adjacent to an activating group) is 1. The van der Waals surface area contributed by atoms with E-state index in [0.717, 1.165) is 18.5 Å². The van der Waals surface area contributed by atoms with Crippen LogP contribution in [0.4, 0.5) is 5.95 Å². The Kier molecular flexibility index (Phi) is 4.97. The van der Waals surface area contributed by atoms with Gasteiger partial charge in [0.1, 0.15) is 0 Å². The molecule has 9 heteroatoms. The molecule has 3 rings (SSSR count). The van der Waals surface area contributed by atoms with E-state index in [1.807, 2.05) is 6.92 Å². The van der Waals surface area contributed by atoms with Crippen molar-refractivity contribution in [3.63, 3.8) is 0 Å². The van der Waals surface area contributed by atoms with Gasteiger partial charge in [-0.15, -0.1) is 0 Å². The van der Waals surface area contributed by atoms with E-state index < -0.39 is 15.3 Å². The molecule has 2 aliphatic heterocycles. The average molecular weight is 367 g/mol. The van der Waals surface area contributed by atoms with Crippen LogP contribution in [0.1, 0.15) is 18.4 Å². The van der Waals surface area contributed by atoms with E-state index in [1.165, 1.54) is 9.21 Å². The number of aryl methyl sites for hydroxylation is 1. The second-order valence-electron chi connectivity index (χ2n) is 7.05. The van der Waals surface area contributed by atoms with Crippen molar-refractivity contribution >= 4 is 21.9 Å². The molecule has 8 nitrogen and oxygen atoms in total. The Hall–Kier alpha value is -1.74. The Balaban J connectivity index is 1.71. The van der Waals surface area contributed by atoms with Crippen LogP contribution in [-0.2, 0) is 14.8 Å². The number of anilines is 1. The number of sulfonamides is 1. The van der Waals surface area contributed by atoms with Crippen molar-refractivity contribution in [1.82, 2.24) is 19.2 Å². The molecule has 3 heterocycles. The summed E-state index contributed by atoms with van der Waals surface area (Å²) in [5.41, 5.74) is 0.999. The molecule has 0 bridgehead atoms. The summed E-state index contributed by atoms with van der Waals surface area (Å²) in [4.78, 5) is 24.1. The van der Waals surface area contributed by atoms with Gasteiger partial charge in [0, 0.05) is 46.1 Å². The minimum absolute atomic E-state index is 0.0513. The molecule has 1 amide bonds. The van der Waals surface area contributed by atoms with Crippen LogP contribution in [0, 0.1) is 12.8 Å². The molecule has 1 aromatic heterocycles. The van der Waals surface area contributed by atoms with Crippen molar-refractivity contribution in [2.45, 2.75) is 25.0 Å². The number of carbonyl (C=O) groups is 1. The summed E-state index contributed by atoms with van der Waals surface area (Å²) in [5.74, 6) is 0.521. The lowest BCUT2D eigenvalue weighted by molar-refractivity contribution is -0.128. The van der Waals surface area contributed by atoms with E-state index in [-0.39, 0.29) is 18.4 Å². The van der Waals surface area contributed by atoms with E-state index in [9.17, 15) is 13.2 Å². The van der Waals surface area contributed by atoms with Crippen molar-refractivity contribution in [1.29, 1.82) is 0 Å². The first-order valence-corrected chi connectivity index (χ1v) is 10.0. The van der Waals surface area contributed by atoms with Gasteiger partial charge in [-0.3, -0.25) is 4.79 Å². The van der Waals surface area contributed by atoms with Crippen LogP contribution in [0.5, 0.6) is 0 Å². The number of nitrogens with zero attached hydrogens (tertiary/aromatic N) is 5. The number of hydrogen-bond donors (Lipinski definition) is 0. The third-order valence-electron chi connectivity index (χ3n) is 5.02. The zero-order chi connectivity index (χ0) is 18.2. The van der Waals surface area contributed by atoms with Crippen LogP contribution in [0.25, 0.3) is 0 Å². The Labute approximate surface area is 148 Å². The molecule has 0 aromatic carbocycles. The van der Waals surface area contributed by atoms with Gasteiger partial charge in [-0.05, 0) is 31.2 Å². The molecule has 0 aliphatic carbocycles. The Bertz CT molecular complexity index is 735. The van der Waals surface area contributed by atoms with Gasteiger partial charge in [0.2, 0.25) is 21.9 Å². The summed E-state index contributed by atoms with van der Waals surface area (Å²) < 4.78 is 27.0. The molecule has 0 saturated carbocycles. The van der Waals surface area contributed by atoms with Gasteiger partial charge >= 0.3 is 0 Å². The smallest absolute Gasteiger partial charge is 0.237 e. The summed E-state index contributed by atoms with van der Waals surface area (Å²) in [5, 5.41) is -0.419. The number of rotatable bonds is 3. The second-order valence-corrected chi connectivity index (χ2v) is 9.20. The number of aromatic nitrogens is 2. The summed E-state index contributed by atoms with van der Waals surface area (Å²) >= 11 is 0. The summed E-state index contributed by atoms with van der Waals surface area (Å²) in [6.45, 7) is 3.64. The van der Waals surface area contributed by atoms with Gasteiger partial charge in [-0.2, -0.15) is 4.31 Å². The lowest BCUT2D eigenvalue weighted by Crippen LogP contribution is -2.39. The monoisotopic (exact) mass is 367 g/mol. The fraction of sp³-hybridized carbons (Fsp3) is 0.688. The zero-order valence-corrected chi connectivity index (χ0v) is 15.7. The Morgan fingerprint density at radius 1 is 1.24 bits per heavy atom. The molecule has 2 fully saturated rings. The number of amides is 1. The molecule has 0 unspecified atom stereocenters. The van der Waals surface area contributed by atoms with Crippen LogP contribution < -0.4 is 4.90 Å². The number of fused-ring (bicyclic) bond motifs is 1. The van der Waals surface area contributed by atoms with Gasteiger partial charge < -0.3 is 9.80 Å². The maximum Gasteiger partial charge on any atom is 0.237 e. The minimum Gasteiger partial charge on any atom is -0.348 e. The largest absolute Gasteiger partial charge is 0.348 e. The predicted molar refractivity (Wildman–Crippen MR) is 94.7 cm³/mol. The third kappa shape index (κ3) is 3.62. The van der Waals surface area contributed by atoms with E-state index >= 15 is 0 Å². The van der Waals surface area contributed by atoms with Gasteiger partial charge in [-0.25, -0.2) is 18.4 Å². The lowest BCUT2D eigenvalue weighted by Gasteiger charge is -2.22. The summed E-state index contributed by atoms with van der Waals surface area (Å²) in [6, 6.07) is 0. The van der Waals surface area contributed by atoms with Crippen LogP contribution in [0.2, 0.25) is 0 Å². The van der Waals surface area contributed by atoms with Crippen LogP contribution in [-0.4, -0.2) is 79.0 Å². The maximum absolute atomic E-state index is 12.8. The van der Waals surface area contributed by atoms with Crippen molar-refractivity contribution in [2.75, 3.05) is 45.2 Å². The number of carbonyl (C=O) groups excluding carboxylic acids is 1. The molecule has 2 saturated heterocycles. The topological polar surface area (TPSA) is 86.7 Å². The molecule has 2 aliphatic rings. The fourth-order valence-corrected chi connectivity index (χ4v) is 5.68. The molecule has 1 aromatic rings. The van der Waals surface area contributed by atoms with Gasteiger partial charge in [-0.1, -0.05) is 0 Å². The fourth-order valence-electron chi connectivity index (χ4n) is 3.49. The van der Waals surface area contributed by atoms with Crippen LogP contribution in [0.3, 0.4) is 0 Å². The van der Waals surface area contributed by atoms with Gasteiger partial charge in [0.25, 0.3) is 0 Å². The third-order valence-corrected chi connectivity index (χ3v) is 7.40. The van der Waals surface area contributed by atoms with Crippen molar-refractivity contribution in [3.8, 4) is 0 Å². The predicted octanol–water partition coefficient (Wildman–Crippen LogP) is 0.104.